The highest BCUT2D eigenvalue weighted by Crippen LogP contribution is 2.37. The summed E-state index contributed by atoms with van der Waals surface area (Å²) in [5.41, 5.74) is 1.51. The first kappa shape index (κ1) is 16.0. The molecule has 0 radical (unpaired) electrons. The first-order valence-electron chi connectivity index (χ1n) is 6.66. The van der Waals surface area contributed by atoms with Crippen LogP contribution in [0.2, 0.25) is 0 Å². The van der Waals surface area contributed by atoms with Crippen molar-refractivity contribution in [2.24, 2.45) is 0 Å². The van der Waals surface area contributed by atoms with Gasteiger partial charge in [0.15, 0.2) is 6.79 Å². The van der Waals surface area contributed by atoms with Gasteiger partial charge < -0.3 is 14.6 Å². The Hall–Kier alpha value is -1.36. The van der Waals surface area contributed by atoms with Crippen LogP contribution in [0.1, 0.15) is 23.6 Å². The molecule has 21 heavy (non-hydrogen) atoms. The topological polar surface area (TPSA) is 38.7 Å². The van der Waals surface area contributed by atoms with Gasteiger partial charge in [0.25, 0.3) is 0 Å². The maximum absolute atomic E-state index is 11.0. The molecule has 1 unspecified atom stereocenters. The van der Waals surface area contributed by atoms with Crippen LogP contribution in [0.5, 0.6) is 5.75 Å². The highest BCUT2D eigenvalue weighted by atomic mass is 79.9. The second-order valence-corrected chi connectivity index (χ2v) is 6.05. The lowest BCUT2D eigenvalue weighted by molar-refractivity contribution is 0.0433. The van der Waals surface area contributed by atoms with Crippen molar-refractivity contribution in [3.8, 4) is 5.75 Å². The molecule has 2 aromatic carbocycles. The van der Waals surface area contributed by atoms with Crippen molar-refractivity contribution < 1.29 is 14.6 Å². The summed E-state index contributed by atoms with van der Waals surface area (Å²) in [6.07, 6.45) is 0. The van der Waals surface area contributed by atoms with Crippen LogP contribution in [0.15, 0.2) is 46.9 Å². The number of aliphatic hydroxyl groups is 1. The number of hydrogen-bond donors (Lipinski definition) is 1. The molecule has 0 amide bonds. The highest BCUT2D eigenvalue weighted by Gasteiger charge is 2.29. The van der Waals surface area contributed by atoms with E-state index < -0.39 is 5.60 Å². The zero-order valence-electron chi connectivity index (χ0n) is 12.4. The molecule has 0 fully saturated rings. The molecule has 1 N–H and O–H groups in total. The van der Waals surface area contributed by atoms with Crippen molar-refractivity contribution in [2.45, 2.75) is 19.4 Å². The number of halogens is 1. The molecule has 0 aliphatic carbocycles. The van der Waals surface area contributed by atoms with Crippen molar-refractivity contribution >= 4 is 15.9 Å². The van der Waals surface area contributed by atoms with Gasteiger partial charge in [0.1, 0.15) is 11.4 Å². The average Bonchev–Trinajstić information content (AvgIpc) is 2.46. The van der Waals surface area contributed by atoms with Gasteiger partial charge in [-0.15, -0.1) is 0 Å². The second kappa shape index (κ2) is 6.60. The molecule has 0 aromatic heterocycles. The average molecular weight is 351 g/mol. The van der Waals surface area contributed by atoms with E-state index in [0.717, 1.165) is 15.6 Å². The van der Waals surface area contributed by atoms with Crippen LogP contribution in [0.3, 0.4) is 0 Å². The van der Waals surface area contributed by atoms with Crippen LogP contribution < -0.4 is 4.74 Å². The van der Waals surface area contributed by atoms with Gasteiger partial charge >= 0.3 is 0 Å². The Labute approximate surface area is 133 Å². The first-order chi connectivity index (χ1) is 9.95. The third-order valence-corrected chi connectivity index (χ3v) is 3.91. The molecule has 0 bridgehead atoms. The quantitative estimate of drug-likeness (QED) is 0.828. The van der Waals surface area contributed by atoms with Gasteiger partial charge in [-0.3, -0.25) is 0 Å². The summed E-state index contributed by atoms with van der Waals surface area (Å²) >= 11 is 3.44. The molecule has 3 nitrogen and oxygen atoms in total. The van der Waals surface area contributed by atoms with Crippen LogP contribution in [-0.4, -0.2) is 19.0 Å². The van der Waals surface area contributed by atoms with E-state index in [1.165, 1.54) is 0 Å². The smallest absolute Gasteiger partial charge is 0.188 e. The summed E-state index contributed by atoms with van der Waals surface area (Å²) in [4.78, 5) is 0. The molecular weight excluding hydrogens is 332 g/mol. The van der Waals surface area contributed by atoms with E-state index in [2.05, 4.69) is 15.9 Å². The van der Waals surface area contributed by atoms with Gasteiger partial charge in [0, 0.05) is 17.1 Å². The van der Waals surface area contributed by atoms with Crippen LogP contribution in [0.4, 0.5) is 0 Å². The second-order valence-electron chi connectivity index (χ2n) is 5.13. The monoisotopic (exact) mass is 350 g/mol. The Morgan fingerprint density at radius 1 is 1.14 bits per heavy atom. The van der Waals surface area contributed by atoms with Gasteiger partial charge in [-0.1, -0.05) is 45.8 Å². The number of hydrogen-bond acceptors (Lipinski definition) is 3. The van der Waals surface area contributed by atoms with E-state index in [1.807, 2.05) is 49.4 Å². The number of benzene rings is 2. The zero-order valence-corrected chi connectivity index (χ0v) is 14.0. The minimum atomic E-state index is -1.15. The molecule has 112 valence electrons. The van der Waals surface area contributed by atoms with Gasteiger partial charge in [0.2, 0.25) is 0 Å². The molecule has 0 saturated carbocycles. The lowest BCUT2D eigenvalue weighted by atomic mass is 9.87. The lowest BCUT2D eigenvalue weighted by Gasteiger charge is -2.27. The number of aryl methyl sites for hydroxylation is 1. The van der Waals surface area contributed by atoms with E-state index >= 15 is 0 Å². The van der Waals surface area contributed by atoms with E-state index in [1.54, 1.807) is 14.0 Å². The van der Waals surface area contributed by atoms with E-state index in [0.29, 0.717) is 11.3 Å². The standard InChI is InChI=1S/C17H19BrO3/c1-12-4-6-13(7-5-12)17(2,19)15-10-14(18)8-9-16(15)21-11-20-3/h4-10,19H,11H2,1-3H3. The normalized spacial score (nSPS) is 13.8. The van der Waals surface area contributed by atoms with E-state index in [4.69, 9.17) is 9.47 Å². The van der Waals surface area contributed by atoms with Gasteiger partial charge in [-0.2, -0.15) is 0 Å². The third kappa shape index (κ3) is 3.64. The predicted molar refractivity (Wildman–Crippen MR) is 86.5 cm³/mol. The molecule has 0 saturated heterocycles. The van der Waals surface area contributed by atoms with Gasteiger partial charge in [-0.05, 0) is 37.6 Å². The summed E-state index contributed by atoms with van der Waals surface area (Å²) in [6, 6.07) is 13.4. The van der Waals surface area contributed by atoms with Crippen LogP contribution in [-0.2, 0) is 10.3 Å². The Morgan fingerprint density at radius 3 is 2.43 bits per heavy atom. The maximum atomic E-state index is 11.0. The summed E-state index contributed by atoms with van der Waals surface area (Å²) in [6.45, 7) is 3.92. The molecule has 0 spiro atoms. The number of rotatable bonds is 5. The summed E-state index contributed by atoms with van der Waals surface area (Å²) in [5.74, 6) is 0.602. The third-order valence-electron chi connectivity index (χ3n) is 3.41. The molecule has 0 aliphatic heterocycles. The Kier molecular flexibility index (Phi) is 5.04. The van der Waals surface area contributed by atoms with Crippen molar-refractivity contribution in [3.63, 3.8) is 0 Å². The molecule has 4 heteroatoms. The molecule has 0 aliphatic rings. The predicted octanol–water partition coefficient (Wildman–Crippen LogP) is 4.00. The van der Waals surface area contributed by atoms with Crippen molar-refractivity contribution in [1.29, 1.82) is 0 Å². The molecule has 1 atom stereocenters. The van der Waals surface area contributed by atoms with Gasteiger partial charge in [-0.25, -0.2) is 0 Å². The van der Waals surface area contributed by atoms with Crippen LogP contribution >= 0.6 is 15.9 Å². The Balaban J connectivity index is 2.46. The lowest BCUT2D eigenvalue weighted by Crippen LogP contribution is -2.24. The summed E-state index contributed by atoms with van der Waals surface area (Å²) < 4.78 is 11.4. The number of ether oxygens (including phenoxy) is 2. The SMILES string of the molecule is COCOc1ccc(Br)cc1C(C)(O)c1ccc(C)cc1. The fourth-order valence-corrected chi connectivity index (χ4v) is 2.53. The summed E-state index contributed by atoms with van der Waals surface area (Å²) in [5, 5.41) is 11.0. The number of methoxy groups -OCH3 is 1. The fourth-order valence-electron chi connectivity index (χ4n) is 2.16. The van der Waals surface area contributed by atoms with E-state index in [9.17, 15) is 5.11 Å². The minimum Gasteiger partial charge on any atom is -0.467 e. The van der Waals surface area contributed by atoms with Crippen LogP contribution in [0.25, 0.3) is 0 Å². The summed E-state index contributed by atoms with van der Waals surface area (Å²) in [7, 11) is 1.57. The van der Waals surface area contributed by atoms with Crippen molar-refractivity contribution in [1.82, 2.24) is 0 Å². The Bertz CT molecular complexity index is 606. The van der Waals surface area contributed by atoms with E-state index in [-0.39, 0.29) is 6.79 Å². The molecule has 0 heterocycles. The fraction of sp³-hybridized carbons (Fsp3) is 0.294. The van der Waals surface area contributed by atoms with Gasteiger partial charge in [0.05, 0.1) is 0 Å². The first-order valence-corrected chi connectivity index (χ1v) is 7.45. The largest absolute Gasteiger partial charge is 0.467 e. The van der Waals surface area contributed by atoms with Crippen molar-refractivity contribution in [2.75, 3.05) is 13.9 Å². The Morgan fingerprint density at radius 2 is 1.81 bits per heavy atom. The molecule has 2 aromatic rings. The zero-order chi connectivity index (χ0) is 15.5. The highest BCUT2D eigenvalue weighted by molar-refractivity contribution is 9.10. The molecule has 2 rings (SSSR count). The van der Waals surface area contributed by atoms with Crippen molar-refractivity contribution in [3.05, 3.63) is 63.6 Å². The molecular formula is C17H19BrO3. The maximum Gasteiger partial charge on any atom is 0.188 e. The van der Waals surface area contributed by atoms with Crippen LogP contribution in [0, 0.1) is 6.92 Å². The minimum absolute atomic E-state index is 0.138.